The van der Waals surface area contributed by atoms with Crippen LogP contribution >= 0.6 is 23.2 Å². The standard InChI is InChI=1S/C9H6Cl2N2/c10-6-1-2-8(11)7(5-6)9-12-3-4-13-9/h1-5H,(H,12,13). The van der Waals surface area contributed by atoms with Gasteiger partial charge in [0.25, 0.3) is 0 Å². The van der Waals surface area contributed by atoms with Crippen LogP contribution in [0.25, 0.3) is 11.4 Å². The number of nitrogens with one attached hydrogen (secondary N) is 1. The number of hydrogen-bond acceptors (Lipinski definition) is 1. The van der Waals surface area contributed by atoms with Gasteiger partial charge in [0.05, 0.1) is 5.02 Å². The molecule has 0 unspecified atom stereocenters. The Bertz CT molecular complexity index is 410. The van der Waals surface area contributed by atoms with Gasteiger partial charge in [0.1, 0.15) is 5.82 Å². The molecule has 66 valence electrons. The SMILES string of the molecule is Clc1ccc(Cl)c(-c2ncc[nH]2)c1. The molecular formula is C9H6Cl2N2. The third kappa shape index (κ3) is 1.69. The first-order valence-corrected chi connectivity index (χ1v) is 4.48. The van der Waals surface area contributed by atoms with Crippen LogP contribution in [0, 0.1) is 0 Å². The third-order valence-electron chi connectivity index (χ3n) is 1.68. The molecule has 13 heavy (non-hydrogen) atoms. The van der Waals surface area contributed by atoms with E-state index < -0.39 is 0 Å². The molecule has 0 amide bonds. The second-order valence-corrected chi connectivity index (χ2v) is 3.41. The van der Waals surface area contributed by atoms with E-state index in [0.29, 0.717) is 10.0 Å². The lowest BCUT2D eigenvalue weighted by Gasteiger charge is -2.00. The average Bonchev–Trinajstić information content (AvgIpc) is 2.61. The van der Waals surface area contributed by atoms with Gasteiger partial charge < -0.3 is 4.98 Å². The van der Waals surface area contributed by atoms with Crippen molar-refractivity contribution in [2.24, 2.45) is 0 Å². The summed E-state index contributed by atoms with van der Waals surface area (Å²) in [6, 6.07) is 5.28. The number of benzene rings is 1. The Morgan fingerprint density at radius 2 is 2.08 bits per heavy atom. The maximum atomic E-state index is 5.97. The zero-order valence-corrected chi connectivity index (χ0v) is 8.10. The van der Waals surface area contributed by atoms with Crippen molar-refractivity contribution in [2.45, 2.75) is 0 Å². The minimum Gasteiger partial charge on any atom is -0.345 e. The molecule has 4 heteroatoms. The van der Waals surface area contributed by atoms with Crippen molar-refractivity contribution in [3.63, 3.8) is 0 Å². The normalized spacial score (nSPS) is 10.3. The van der Waals surface area contributed by atoms with Gasteiger partial charge in [0, 0.05) is 23.0 Å². The van der Waals surface area contributed by atoms with Gasteiger partial charge in [-0.25, -0.2) is 4.98 Å². The minimum atomic E-state index is 0.638. The fourth-order valence-corrected chi connectivity index (χ4v) is 1.47. The summed E-state index contributed by atoms with van der Waals surface area (Å²) in [5.74, 6) is 0.729. The van der Waals surface area contributed by atoms with E-state index in [-0.39, 0.29) is 0 Å². The zero-order valence-electron chi connectivity index (χ0n) is 6.59. The molecule has 0 spiro atoms. The van der Waals surface area contributed by atoms with E-state index in [4.69, 9.17) is 23.2 Å². The van der Waals surface area contributed by atoms with Gasteiger partial charge in [-0.05, 0) is 18.2 Å². The van der Waals surface area contributed by atoms with Crippen LogP contribution in [-0.4, -0.2) is 9.97 Å². The molecule has 2 rings (SSSR count). The van der Waals surface area contributed by atoms with Crippen LogP contribution in [0.15, 0.2) is 30.6 Å². The van der Waals surface area contributed by atoms with Crippen molar-refractivity contribution < 1.29 is 0 Å². The van der Waals surface area contributed by atoms with Gasteiger partial charge in [-0.3, -0.25) is 0 Å². The largest absolute Gasteiger partial charge is 0.345 e. The van der Waals surface area contributed by atoms with E-state index in [2.05, 4.69) is 9.97 Å². The van der Waals surface area contributed by atoms with Gasteiger partial charge >= 0.3 is 0 Å². The van der Waals surface area contributed by atoms with Crippen molar-refractivity contribution in [1.29, 1.82) is 0 Å². The molecule has 0 aliphatic heterocycles. The maximum absolute atomic E-state index is 5.97. The Morgan fingerprint density at radius 3 is 2.77 bits per heavy atom. The smallest absolute Gasteiger partial charge is 0.138 e. The van der Waals surface area contributed by atoms with Crippen LogP contribution in [0.1, 0.15) is 0 Å². The predicted octanol–water partition coefficient (Wildman–Crippen LogP) is 3.38. The summed E-state index contributed by atoms with van der Waals surface area (Å²) in [7, 11) is 0. The average molecular weight is 213 g/mol. The number of halogens is 2. The second-order valence-electron chi connectivity index (χ2n) is 2.56. The molecule has 1 aromatic heterocycles. The number of H-pyrrole nitrogens is 1. The molecule has 0 saturated heterocycles. The molecule has 0 saturated carbocycles. The molecule has 0 atom stereocenters. The Balaban J connectivity index is 2.57. The summed E-state index contributed by atoms with van der Waals surface area (Å²) in [5, 5.41) is 1.29. The summed E-state index contributed by atoms with van der Waals surface area (Å²) < 4.78 is 0. The van der Waals surface area contributed by atoms with Crippen LogP contribution < -0.4 is 0 Å². The number of rotatable bonds is 1. The molecule has 0 fully saturated rings. The second kappa shape index (κ2) is 3.40. The van der Waals surface area contributed by atoms with Crippen molar-refractivity contribution in [1.82, 2.24) is 9.97 Å². The molecule has 0 aliphatic rings. The Hall–Kier alpha value is -0.990. The van der Waals surface area contributed by atoms with Crippen molar-refractivity contribution in [3.05, 3.63) is 40.6 Å². The van der Waals surface area contributed by atoms with Gasteiger partial charge in [0.15, 0.2) is 0 Å². The fraction of sp³-hybridized carbons (Fsp3) is 0. The molecule has 0 bridgehead atoms. The van der Waals surface area contributed by atoms with Gasteiger partial charge in [-0.1, -0.05) is 23.2 Å². The van der Waals surface area contributed by atoms with E-state index in [0.717, 1.165) is 11.4 Å². The summed E-state index contributed by atoms with van der Waals surface area (Å²) in [5.41, 5.74) is 0.819. The van der Waals surface area contributed by atoms with E-state index in [1.165, 1.54) is 0 Å². The zero-order chi connectivity index (χ0) is 9.26. The summed E-state index contributed by atoms with van der Waals surface area (Å²) >= 11 is 11.8. The van der Waals surface area contributed by atoms with Gasteiger partial charge in [0.2, 0.25) is 0 Å². The predicted molar refractivity (Wildman–Crippen MR) is 54.0 cm³/mol. The van der Waals surface area contributed by atoms with Crippen molar-refractivity contribution >= 4 is 23.2 Å². The lowest BCUT2D eigenvalue weighted by atomic mass is 10.2. The molecular weight excluding hydrogens is 207 g/mol. The molecule has 2 nitrogen and oxygen atoms in total. The summed E-state index contributed by atoms with van der Waals surface area (Å²) in [6.07, 6.45) is 3.42. The Morgan fingerprint density at radius 1 is 1.23 bits per heavy atom. The van der Waals surface area contributed by atoms with E-state index in [1.807, 2.05) is 0 Å². The topological polar surface area (TPSA) is 28.7 Å². The first kappa shape index (κ1) is 8.60. The van der Waals surface area contributed by atoms with E-state index in [1.54, 1.807) is 30.6 Å². The van der Waals surface area contributed by atoms with Crippen LogP contribution in [0.3, 0.4) is 0 Å². The summed E-state index contributed by atoms with van der Waals surface area (Å²) in [4.78, 5) is 7.06. The van der Waals surface area contributed by atoms with E-state index >= 15 is 0 Å². The van der Waals surface area contributed by atoms with Gasteiger partial charge in [-0.15, -0.1) is 0 Å². The highest BCUT2D eigenvalue weighted by molar-refractivity contribution is 6.35. The highest BCUT2D eigenvalue weighted by Gasteiger charge is 2.05. The highest BCUT2D eigenvalue weighted by atomic mass is 35.5. The molecule has 1 heterocycles. The van der Waals surface area contributed by atoms with Crippen LogP contribution in [0.5, 0.6) is 0 Å². The van der Waals surface area contributed by atoms with Crippen LogP contribution in [0.2, 0.25) is 10.0 Å². The lowest BCUT2D eigenvalue weighted by Crippen LogP contribution is -1.81. The molecule has 1 N–H and O–H groups in total. The number of imidazole rings is 1. The van der Waals surface area contributed by atoms with Gasteiger partial charge in [-0.2, -0.15) is 0 Å². The number of aromatic nitrogens is 2. The first-order valence-electron chi connectivity index (χ1n) is 3.72. The van der Waals surface area contributed by atoms with Crippen molar-refractivity contribution in [2.75, 3.05) is 0 Å². The molecule has 0 radical (unpaired) electrons. The molecule has 1 aromatic carbocycles. The van der Waals surface area contributed by atoms with Crippen LogP contribution in [0.4, 0.5) is 0 Å². The number of hydrogen-bond donors (Lipinski definition) is 1. The monoisotopic (exact) mass is 212 g/mol. The quantitative estimate of drug-likeness (QED) is 0.772. The maximum Gasteiger partial charge on any atom is 0.138 e. The lowest BCUT2D eigenvalue weighted by molar-refractivity contribution is 1.31. The fourth-order valence-electron chi connectivity index (χ4n) is 1.09. The van der Waals surface area contributed by atoms with E-state index in [9.17, 15) is 0 Å². The minimum absolute atomic E-state index is 0.638. The molecule has 2 aromatic rings. The Kier molecular flexibility index (Phi) is 2.25. The first-order chi connectivity index (χ1) is 6.27. The van der Waals surface area contributed by atoms with Crippen molar-refractivity contribution in [3.8, 4) is 11.4 Å². The Labute approximate surface area is 85.5 Å². The number of nitrogens with zero attached hydrogens (tertiary/aromatic N) is 1. The summed E-state index contributed by atoms with van der Waals surface area (Å²) in [6.45, 7) is 0. The third-order valence-corrected chi connectivity index (χ3v) is 2.25. The highest BCUT2D eigenvalue weighted by Crippen LogP contribution is 2.27. The number of aromatic amines is 1. The van der Waals surface area contributed by atoms with Crippen LogP contribution in [-0.2, 0) is 0 Å². The molecule has 0 aliphatic carbocycles.